The number of hydrogen-bond acceptors (Lipinski definition) is 1. The minimum atomic E-state index is -0.694. The molecule has 33 heavy (non-hydrogen) atoms. The molecule has 0 spiro atoms. The molecule has 3 unspecified atom stereocenters. The molecular weight excluding hydrogens is 410 g/mol. The lowest BCUT2D eigenvalue weighted by atomic mass is 9.82. The van der Waals surface area contributed by atoms with Gasteiger partial charge in [-0.25, -0.2) is 0 Å². The second-order valence-electron chi connectivity index (χ2n) is 10.3. The molecule has 5 nitrogen and oxygen atoms in total. The molecule has 2 aliphatic carbocycles. The van der Waals surface area contributed by atoms with Gasteiger partial charge in [0.25, 0.3) is 0 Å². The number of nitrogens with one attached hydrogen (secondary N) is 1. The zero-order chi connectivity index (χ0) is 22.6. The van der Waals surface area contributed by atoms with Crippen molar-refractivity contribution in [1.29, 1.82) is 0 Å². The second kappa shape index (κ2) is 10.2. The van der Waals surface area contributed by atoms with Crippen molar-refractivity contribution in [2.24, 2.45) is 11.8 Å². The Kier molecular flexibility index (Phi) is 6.88. The molecule has 0 aromatic carbocycles. The quantitative estimate of drug-likeness (QED) is 0.533. The summed E-state index contributed by atoms with van der Waals surface area (Å²) in [6, 6.07) is 2.81. The number of quaternary nitrogens is 2. The third kappa shape index (κ3) is 5.36. The molecule has 1 aromatic rings. The second-order valence-corrected chi connectivity index (χ2v) is 10.3. The van der Waals surface area contributed by atoms with Crippen LogP contribution in [0, 0.1) is 11.8 Å². The number of allylic oxidation sites excluding steroid dienone is 4. The molecule has 4 aliphatic rings. The summed E-state index contributed by atoms with van der Waals surface area (Å²) in [5.41, 5.74) is 6.98. The Morgan fingerprint density at radius 1 is 1.21 bits per heavy atom. The van der Waals surface area contributed by atoms with Crippen LogP contribution in [0.1, 0.15) is 61.8 Å². The summed E-state index contributed by atoms with van der Waals surface area (Å²) >= 11 is 0. The van der Waals surface area contributed by atoms with Gasteiger partial charge in [-0.1, -0.05) is 31.1 Å². The summed E-state index contributed by atoms with van der Waals surface area (Å²) in [5.74, 6) is 1.53. The number of carboxylic acids is 1. The van der Waals surface area contributed by atoms with Crippen LogP contribution < -0.4 is 15.6 Å². The maximum Gasteiger partial charge on any atom is 0.367 e. The van der Waals surface area contributed by atoms with Crippen molar-refractivity contribution in [3.8, 4) is 0 Å². The maximum absolute atomic E-state index is 11.5. The average molecular weight is 449 g/mol. The lowest BCUT2D eigenvalue weighted by molar-refractivity contribution is -0.654. The van der Waals surface area contributed by atoms with Crippen LogP contribution in [0.4, 0.5) is 5.82 Å². The molecule has 5 rings (SSSR count). The Hall–Kier alpha value is -2.50. The molecule has 174 valence electrons. The number of aromatic nitrogens is 1. The molecule has 0 bridgehead atoms. The predicted octanol–water partition coefficient (Wildman–Crippen LogP) is 2.28. The Morgan fingerprint density at radius 3 is 3.06 bits per heavy atom. The molecule has 0 amide bonds. The van der Waals surface area contributed by atoms with E-state index in [2.05, 4.69) is 58.3 Å². The number of fused-ring (bicyclic) bond motifs is 3. The van der Waals surface area contributed by atoms with E-state index in [1.807, 2.05) is 0 Å². The van der Waals surface area contributed by atoms with E-state index in [1.54, 1.807) is 5.56 Å². The number of aromatic amines is 1. The van der Waals surface area contributed by atoms with Crippen LogP contribution in [0.2, 0.25) is 0 Å². The van der Waals surface area contributed by atoms with Gasteiger partial charge in [-0.05, 0) is 62.2 Å². The van der Waals surface area contributed by atoms with Gasteiger partial charge in [-0.2, -0.15) is 4.98 Å². The van der Waals surface area contributed by atoms with Gasteiger partial charge < -0.3 is 10.4 Å². The lowest BCUT2D eigenvalue weighted by Crippen LogP contribution is -2.85. The zero-order valence-electron chi connectivity index (χ0n) is 19.6. The largest absolute Gasteiger partial charge is 0.481 e. The van der Waals surface area contributed by atoms with Crippen molar-refractivity contribution < 1.29 is 25.5 Å². The predicted molar refractivity (Wildman–Crippen MR) is 128 cm³/mol. The zero-order valence-corrected chi connectivity index (χ0v) is 19.6. The summed E-state index contributed by atoms with van der Waals surface area (Å²) in [5, 5.41) is 14.1. The van der Waals surface area contributed by atoms with Gasteiger partial charge >= 0.3 is 11.8 Å². The van der Waals surface area contributed by atoms with E-state index in [1.165, 1.54) is 79.7 Å². The highest BCUT2D eigenvalue weighted by molar-refractivity contribution is 5.67. The Bertz CT molecular complexity index is 1020. The topological polar surface area (TPSA) is 84.7 Å². The van der Waals surface area contributed by atoms with E-state index in [9.17, 15) is 9.90 Å². The van der Waals surface area contributed by atoms with E-state index < -0.39 is 5.97 Å². The third-order valence-electron chi connectivity index (χ3n) is 7.92. The summed E-state index contributed by atoms with van der Waals surface area (Å²) < 4.78 is 0. The first-order valence-electron chi connectivity index (χ1n) is 12.9. The minimum absolute atomic E-state index is 0.106. The number of carboxylic acid groups (broad SMARTS) is 1. The molecular formula is C28H38N3O2+3. The fourth-order valence-corrected chi connectivity index (χ4v) is 6.05. The van der Waals surface area contributed by atoms with Crippen molar-refractivity contribution in [2.45, 2.75) is 70.3 Å². The van der Waals surface area contributed by atoms with Crippen molar-refractivity contribution >= 4 is 11.8 Å². The third-order valence-corrected chi connectivity index (χ3v) is 7.92. The first kappa shape index (κ1) is 22.3. The van der Waals surface area contributed by atoms with E-state index in [4.69, 9.17) is 0 Å². The monoisotopic (exact) mass is 448 g/mol. The van der Waals surface area contributed by atoms with Crippen LogP contribution in [0.25, 0.3) is 0 Å². The fraction of sp³-hybridized carbons (Fsp3) is 0.500. The van der Waals surface area contributed by atoms with Gasteiger partial charge in [0.05, 0.1) is 24.7 Å². The number of aryl methyl sites for hydroxylation is 2. The molecule has 0 radical (unpaired) electrons. The van der Waals surface area contributed by atoms with Crippen molar-refractivity contribution in [3.63, 3.8) is 0 Å². The lowest BCUT2D eigenvalue weighted by Gasteiger charge is -2.24. The number of carbonyl (C=O) groups is 1. The smallest absolute Gasteiger partial charge is 0.367 e. The number of unbranched alkanes of at least 4 members (excludes halogenated alkanes) is 1. The van der Waals surface area contributed by atoms with Gasteiger partial charge in [0.15, 0.2) is 5.69 Å². The van der Waals surface area contributed by atoms with E-state index >= 15 is 0 Å². The normalized spacial score (nSPS) is 24.2. The van der Waals surface area contributed by atoms with Crippen LogP contribution in [0.15, 0.2) is 53.8 Å². The van der Waals surface area contributed by atoms with Gasteiger partial charge in [-0.3, -0.25) is 10.1 Å². The summed E-state index contributed by atoms with van der Waals surface area (Å²) in [7, 11) is 0. The Labute approximate surface area is 196 Å². The van der Waals surface area contributed by atoms with Crippen molar-refractivity contribution in [2.75, 3.05) is 6.54 Å². The highest BCUT2D eigenvalue weighted by Gasteiger charge is 2.29. The molecule has 0 saturated heterocycles. The maximum atomic E-state index is 11.5. The molecule has 3 heterocycles. The Morgan fingerprint density at radius 2 is 2.15 bits per heavy atom. The first-order chi connectivity index (χ1) is 16.2. The highest BCUT2D eigenvalue weighted by atomic mass is 16.4. The summed E-state index contributed by atoms with van der Waals surface area (Å²) in [6.45, 7) is 1.20. The Balaban J connectivity index is 1.14. The van der Waals surface area contributed by atoms with Gasteiger partial charge in [0.2, 0.25) is 0 Å². The first-order valence-corrected chi connectivity index (χ1v) is 12.9. The number of aliphatic carboxylic acids is 1. The molecule has 6 N–H and O–H groups in total. The number of pyridine rings is 1. The highest BCUT2D eigenvalue weighted by Crippen LogP contribution is 2.31. The standard InChI is InChI=1S/C28H35N3O2/c32-27(33)17-20(24-16-21-8-3-4-10-25(21)30-18-24)7-2-1-6-19-11-12-22-15-23-9-5-13-29-28(23)31-26(22)14-19/h3-4,8,10,15-16,18-20,25,30H,1-2,5-7,9,11-14,17H2,(H,29,31)(H,32,33)/p+3. The number of hydrogen-bond donors (Lipinski definition) is 3. The van der Waals surface area contributed by atoms with Crippen LogP contribution in [0.3, 0.4) is 0 Å². The van der Waals surface area contributed by atoms with Crippen LogP contribution >= 0.6 is 0 Å². The van der Waals surface area contributed by atoms with Crippen molar-refractivity contribution in [1.82, 2.24) is 0 Å². The van der Waals surface area contributed by atoms with Gasteiger partial charge in [0, 0.05) is 29.6 Å². The summed E-state index contributed by atoms with van der Waals surface area (Å²) in [6.07, 6.45) is 23.8. The number of rotatable bonds is 8. The van der Waals surface area contributed by atoms with Crippen LogP contribution in [-0.2, 0) is 24.1 Å². The molecule has 5 heteroatoms. The molecule has 1 aromatic heterocycles. The van der Waals surface area contributed by atoms with E-state index in [0.717, 1.165) is 18.8 Å². The van der Waals surface area contributed by atoms with E-state index in [-0.39, 0.29) is 12.3 Å². The van der Waals surface area contributed by atoms with Crippen LogP contribution in [0.5, 0.6) is 0 Å². The SMILES string of the molecule is O=C(O)CC(CCCCC1CCc2cc3c([nH+]c2C1)[NH2+]CCC3)C1=C[NH2+]C2C=CC=CC2=C1. The molecule has 2 aliphatic heterocycles. The molecule has 0 fully saturated rings. The van der Waals surface area contributed by atoms with Gasteiger partial charge in [0.1, 0.15) is 6.04 Å². The van der Waals surface area contributed by atoms with Crippen LogP contribution in [-0.4, -0.2) is 23.7 Å². The minimum Gasteiger partial charge on any atom is -0.481 e. The van der Waals surface area contributed by atoms with E-state index in [0.29, 0.717) is 6.04 Å². The van der Waals surface area contributed by atoms with Crippen molar-refractivity contribution in [3.05, 3.63) is 70.6 Å². The fourth-order valence-electron chi connectivity index (χ4n) is 6.05. The number of H-pyrrole nitrogens is 1. The van der Waals surface area contributed by atoms with Gasteiger partial charge in [-0.15, -0.1) is 0 Å². The molecule has 3 atom stereocenters. The average Bonchev–Trinajstić information content (AvgIpc) is 2.84. The summed E-state index contributed by atoms with van der Waals surface area (Å²) in [4.78, 5) is 15.3. The molecule has 0 saturated carbocycles. The number of nitrogens with two attached hydrogens (primary N) is 2.